The number of para-hydroxylation sites is 1. The van der Waals surface area contributed by atoms with Crippen molar-refractivity contribution >= 4 is 5.97 Å². The molecule has 0 aliphatic heterocycles. The van der Waals surface area contributed by atoms with Crippen molar-refractivity contribution in [2.24, 2.45) is 5.73 Å². The van der Waals surface area contributed by atoms with Crippen LogP contribution in [-0.2, 0) is 9.53 Å². The maximum atomic E-state index is 11.4. The van der Waals surface area contributed by atoms with Crippen LogP contribution in [-0.4, -0.2) is 18.7 Å². The normalized spacial score (nSPS) is 12.3. The van der Waals surface area contributed by atoms with Gasteiger partial charge in [-0.15, -0.1) is 0 Å². The quantitative estimate of drug-likeness (QED) is 0.789. The molecule has 0 saturated heterocycles. The third-order valence-electron chi connectivity index (χ3n) is 2.47. The number of hydrogen-bond acceptors (Lipinski definition) is 4. The zero-order valence-corrected chi connectivity index (χ0v) is 11.2. The molecule has 18 heavy (non-hydrogen) atoms. The molecule has 0 bridgehead atoms. The maximum Gasteiger partial charge on any atom is 0.344 e. The lowest BCUT2D eigenvalue weighted by molar-refractivity contribution is -0.149. The van der Waals surface area contributed by atoms with Gasteiger partial charge >= 0.3 is 5.97 Å². The molecule has 0 aliphatic rings. The fraction of sp³-hybridized carbons (Fsp3) is 0.500. The van der Waals surface area contributed by atoms with Gasteiger partial charge in [0.05, 0.1) is 6.10 Å². The van der Waals surface area contributed by atoms with E-state index in [0.29, 0.717) is 5.75 Å². The Hall–Kier alpha value is -1.55. The molecule has 0 fully saturated rings. The second kappa shape index (κ2) is 7.01. The largest absolute Gasteiger partial charge is 0.482 e. The second-order valence-corrected chi connectivity index (χ2v) is 4.38. The van der Waals surface area contributed by atoms with E-state index in [2.05, 4.69) is 0 Å². The fourth-order valence-electron chi connectivity index (χ4n) is 1.57. The zero-order valence-electron chi connectivity index (χ0n) is 11.2. The van der Waals surface area contributed by atoms with Crippen molar-refractivity contribution in [2.75, 3.05) is 6.61 Å². The first-order chi connectivity index (χ1) is 8.54. The van der Waals surface area contributed by atoms with Gasteiger partial charge in [0.25, 0.3) is 0 Å². The second-order valence-electron chi connectivity index (χ2n) is 4.38. The Morgan fingerprint density at radius 1 is 1.33 bits per heavy atom. The molecule has 0 aromatic heterocycles. The summed E-state index contributed by atoms with van der Waals surface area (Å²) in [7, 11) is 0. The van der Waals surface area contributed by atoms with E-state index in [1.807, 2.05) is 31.2 Å². The Kier molecular flexibility index (Phi) is 5.65. The number of ether oxygens (including phenoxy) is 2. The number of rotatable bonds is 6. The standard InChI is InChI=1S/C14H21NO3/c1-4-12(15)11-7-5-6-8-13(11)17-9-14(16)18-10(2)3/h5-8,10,12H,4,9,15H2,1-3H3/t12-/m0/s1. The summed E-state index contributed by atoms with van der Waals surface area (Å²) < 4.78 is 10.5. The molecule has 1 atom stereocenters. The molecule has 4 nitrogen and oxygen atoms in total. The Bertz CT molecular complexity index is 390. The highest BCUT2D eigenvalue weighted by Gasteiger charge is 2.12. The van der Waals surface area contributed by atoms with Crippen LogP contribution < -0.4 is 10.5 Å². The number of esters is 1. The third kappa shape index (κ3) is 4.37. The molecule has 0 amide bonds. The van der Waals surface area contributed by atoms with E-state index in [4.69, 9.17) is 15.2 Å². The van der Waals surface area contributed by atoms with Crippen LogP contribution in [0.5, 0.6) is 5.75 Å². The number of hydrogen-bond donors (Lipinski definition) is 1. The predicted octanol–water partition coefficient (Wildman–Crippen LogP) is 2.43. The van der Waals surface area contributed by atoms with Gasteiger partial charge in [-0.3, -0.25) is 0 Å². The molecular formula is C14H21NO3. The molecule has 2 N–H and O–H groups in total. The molecular weight excluding hydrogens is 230 g/mol. The van der Waals surface area contributed by atoms with E-state index in [1.54, 1.807) is 13.8 Å². The molecule has 4 heteroatoms. The average Bonchev–Trinajstić information content (AvgIpc) is 2.35. The number of carbonyl (C=O) groups excluding carboxylic acids is 1. The Morgan fingerprint density at radius 2 is 2.00 bits per heavy atom. The topological polar surface area (TPSA) is 61.5 Å². The summed E-state index contributed by atoms with van der Waals surface area (Å²) in [5.41, 5.74) is 6.90. The Morgan fingerprint density at radius 3 is 2.61 bits per heavy atom. The van der Waals surface area contributed by atoms with Crippen molar-refractivity contribution in [3.63, 3.8) is 0 Å². The van der Waals surface area contributed by atoms with E-state index < -0.39 is 0 Å². The maximum absolute atomic E-state index is 11.4. The summed E-state index contributed by atoms with van der Waals surface area (Å²) in [6, 6.07) is 7.41. The Labute approximate surface area is 108 Å². The fourth-order valence-corrected chi connectivity index (χ4v) is 1.57. The van der Waals surface area contributed by atoms with Gasteiger partial charge < -0.3 is 15.2 Å². The van der Waals surface area contributed by atoms with Crippen molar-refractivity contribution in [1.82, 2.24) is 0 Å². The van der Waals surface area contributed by atoms with Gasteiger partial charge in [0, 0.05) is 11.6 Å². The van der Waals surface area contributed by atoms with E-state index in [-0.39, 0.29) is 24.7 Å². The molecule has 1 aromatic rings. The number of carbonyl (C=O) groups is 1. The van der Waals surface area contributed by atoms with Crippen LogP contribution in [0.2, 0.25) is 0 Å². The van der Waals surface area contributed by atoms with Crippen LogP contribution in [0.15, 0.2) is 24.3 Å². The summed E-state index contributed by atoms with van der Waals surface area (Å²) in [6.45, 7) is 5.53. The lowest BCUT2D eigenvalue weighted by Crippen LogP contribution is -2.20. The van der Waals surface area contributed by atoms with Crippen LogP contribution in [0.1, 0.15) is 38.8 Å². The molecule has 0 saturated carbocycles. The van der Waals surface area contributed by atoms with E-state index >= 15 is 0 Å². The lowest BCUT2D eigenvalue weighted by atomic mass is 10.0. The third-order valence-corrected chi connectivity index (χ3v) is 2.47. The van der Waals surface area contributed by atoms with Gasteiger partial charge in [-0.25, -0.2) is 4.79 Å². The van der Waals surface area contributed by atoms with E-state index in [0.717, 1.165) is 12.0 Å². The van der Waals surface area contributed by atoms with Gasteiger partial charge in [0.2, 0.25) is 0 Å². The summed E-state index contributed by atoms with van der Waals surface area (Å²) >= 11 is 0. The van der Waals surface area contributed by atoms with Crippen LogP contribution in [0.25, 0.3) is 0 Å². The van der Waals surface area contributed by atoms with Gasteiger partial charge in [0.1, 0.15) is 5.75 Å². The molecule has 100 valence electrons. The highest BCUT2D eigenvalue weighted by Crippen LogP contribution is 2.25. The van der Waals surface area contributed by atoms with Crippen LogP contribution >= 0.6 is 0 Å². The van der Waals surface area contributed by atoms with Crippen LogP contribution in [0, 0.1) is 0 Å². The highest BCUT2D eigenvalue weighted by atomic mass is 16.6. The molecule has 1 aromatic carbocycles. The average molecular weight is 251 g/mol. The molecule has 0 aliphatic carbocycles. The predicted molar refractivity (Wildman–Crippen MR) is 70.4 cm³/mol. The SMILES string of the molecule is CC[C@H](N)c1ccccc1OCC(=O)OC(C)C. The zero-order chi connectivity index (χ0) is 13.5. The highest BCUT2D eigenvalue weighted by molar-refractivity contribution is 5.71. The van der Waals surface area contributed by atoms with Gasteiger partial charge in [-0.1, -0.05) is 25.1 Å². The van der Waals surface area contributed by atoms with Crippen molar-refractivity contribution in [3.8, 4) is 5.75 Å². The summed E-state index contributed by atoms with van der Waals surface area (Å²) in [4.78, 5) is 11.4. The molecule has 0 heterocycles. The minimum Gasteiger partial charge on any atom is -0.482 e. The van der Waals surface area contributed by atoms with Crippen molar-refractivity contribution in [1.29, 1.82) is 0 Å². The van der Waals surface area contributed by atoms with Gasteiger partial charge in [-0.05, 0) is 26.3 Å². The Balaban J connectivity index is 2.64. The number of nitrogens with two attached hydrogens (primary N) is 1. The first-order valence-corrected chi connectivity index (χ1v) is 6.21. The monoisotopic (exact) mass is 251 g/mol. The summed E-state index contributed by atoms with van der Waals surface area (Å²) in [5.74, 6) is 0.275. The van der Waals surface area contributed by atoms with Gasteiger partial charge in [-0.2, -0.15) is 0 Å². The lowest BCUT2D eigenvalue weighted by Gasteiger charge is -2.15. The van der Waals surface area contributed by atoms with E-state index in [9.17, 15) is 4.79 Å². The molecule has 0 unspecified atom stereocenters. The molecule has 1 rings (SSSR count). The van der Waals surface area contributed by atoms with Crippen LogP contribution in [0.3, 0.4) is 0 Å². The first-order valence-electron chi connectivity index (χ1n) is 6.21. The first kappa shape index (κ1) is 14.5. The van der Waals surface area contributed by atoms with Gasteiger partial charge in [0.15, 0.2) is 6.61 Å². The van der Waals surface area contributed by atoms with Crippen molar-refractivity contribution in [3.05, 3.63) is 29.8 Å². The smallest absolute Gasteiger partial charge is 0.344 e. The minimum atomic E-state index is -0.370. The number of benzene rings is 1. The summed E-state index contributed by atoms with van der Waals surface area (Å²) in [6.07, 6.45) is 0.686. The molecule has 0 spiro atoms. The van der Waals surface area contributed by atoms with E-state index in [1.165, 1.54) is 0 Å². The minimum absolute atomic E-state index is 0.0812. The molecule has 0 radical (unpaired) electrons. The summed E-state index contributed by atoms with van der Waals surface area (Å²) in [5, 5.41) is 0. The van der Waals surface area contributed by atoms with Crippen molar-refractivity contribution < 1.29 is 14.3 Å². The van der Waals surface area contributed by atoms with Crippen molar-refractivity contribution in [2.45, 2.75) is 39.3 Å². The van der Waals surface area contributed by atoms with Crippen LogP contribution in [0.4, 0.5) is 0 Å².